The second kappa shape index (κ2) is 3.11. The van der Waals surface area contributed by atoms with E-state index in [-0.39, 0.29) is 24.8 Å². The van der Waals surface area contributed by atoms with E-state index < -0.39 is 0 Å². The van der Waals surface area contributed by atoms with Crippen molar-refractivity contribution >= 4 is 5.82 Å². The second-order valence-electron chi connectivity index (χ2n) is 1.86. The van der Waals surface area contributed by atoms with Gasteiger partial charge in [-0.2, -0.15) is 0 Å². The van der Waals surface area contributed by atoms with Gasteiger partial charge in [0.1, 0.15) is 12.8 Å². The lowest BCUT2D eigenvalue weighted by molar-refractivity contribution is 0.0541. The number of rotatable bonds is 3. The molecule has 1 heterocycles. The molecule has 6 heteroatoms. The Morgan fingerprint density at radius 2 is 2.45 bits per heavy atom. The Hall–Kier alpha value is -1.43. The summed E-state index contributed by atoms with van der Waals surface area (Å²) < 4.78 is 0. The fourth-order valence-electron chi connectivity index (χ4n) is 0.558. The van der Waals surface area contributed by atoms with Crippen molar-refractivity contribution in [1.82, 2.24) is 9.94 Å². The highest BCUT2D eigenvalue weighted by Gasteiger charge is 2.02. The van der Waals surface area contributed by atoms with E-state index in [9.17, 15) is 0 Å². The molecule has 0 spiro atoms. The third-order valence-corrected chi connectivity index (χ3v) is 1.02. The molecule has 6 nitrogen and oxygen atoms in total. The van der Waals surface area contributed by atoms with Gasteiger partial charge in [-0.3, -0.25) is 0 Å². The molecule has 0 saturated carbocycles. The standard InChI is InChI=1S/C5H9N3O3/c6-5-4(10)3-8(7-5)11-2-1-9/h3,9-10H,1-2H2,(H2,6,7). The highest BCUT2D eigenvalue weighted by Crippen LogP contribution is 2.14. The maximum absolute atomic E-state index is 8.89. The first-order valence-corrected chi connectivity index (χ1v) is 3.02. The molecular formula is C5H9N3O3. The average molecular weight is 159 g/mol. The summed E-state index contributed by atoms with van der Waals surface area (Å²) in [4.78, 5) is 5.77. The average Bonchev–Trinajstić information content (AvgIpc) is 2.28. The van der Waals surface area contributed by atoms with Gasteiger partial charge >= 0.3 is 0 Å². The minimum Gasteiger partial charge on any atom is -0.503 e. The molecule has 0 aliphatic heterocycles. The largest absolute Gasteiger partial charge is 0.503 e. The Balaban J connectivity index is 2.58. The van der Waals surface area contributed by atoms with Crippen LogP contribution in [0.1, 0.15) is 0 Å². The highest BCUT2D eigenvalue weighted by atomic mass is 16.7. The zero-order chi connectivity index (χ0) is 8.27. The van der Waals surface area contributed by atoms with Crippen LogP contribution in [0.15, 0.2) is 6.20 Å². The monoisotopic (exact) mass is 159 g/mol. The van der Waals surface area contributed by atoms with Crippen LogP contribution in [0.2, 0.25) is 0 Å². The van der Waals surface area contributed by atoms with Crippen LogP contribution in [-0.4, -0.2) is 33.4 Å². The number of nitrogen functional groups attached to an aromatic ring is 1. The molecule has 0 aromatic carbocycles. The number of aromatic nitrogens is 2. The number of aromatic hydroxyl groups is 1. The van der Waals surface area contributed by atoms with Crippen LogP contribution in [0.25, 0.3) is 0 Å². The molecule has 4 N–H and O–H groups in total. The van der Waals surface area contributed by atoms with E-state index in [1.54, 1.807) is 0 Å². The lowest BCUT2D eigenvalue weighted by Gasteiger charge is -1.99. The molecule has 1 aromatic heterocycles. The van der Waals surface area contributed by atoms with Crippen molar-refractivity contribution in [3.63, 3.8) is 0 Å². The highest BCUT2D eigenvalue weighted by molar-refractivity contribution is 5.41. The van der Waals surface area contributed by atoms with Gasteiger partial charge in [-0.15, -0.1) is 9.94 Å². The van der Waals surface area contributed by atoms with Crippen LogP contribution >= 0.6 is 0 Å². The van der Waals surface area contributed by atoms with Crippen molar-refractivity contribution in [2.24, 2.45) is 0 Å². The van der Waals surface area contributed by atoms with Crippen molar-refractivity contribution in [2.75, 3.05) is 18.9 Å². The number of hydrogen-bond donors (Lipinski definition) is 3. The second-order valence-corrected chi connectivity index (χ2v) is 1.86. The Kier molecular flexibility index (Phi) is 2.17. The summed E-state index contributed by atoms with van der Waals surface area (Å²) in [6, 6.07) is 0. The third kappa shape index (κ3) is 1.74. The number of anilines is 1. The first-order valence-electron chi connectivity index (χ1n) is 3.02. The van der Waals surface area contributed by atoms with Crippen LogP contribution in [0.5, 0.6) is 5.75 Å². The normalized spacial score (nSPS) is 9.91. The van der Waals surface area contributed by atoms with Crippen molar-refractivity contribution < 1.29 is 15.1 Å². The Bertz CT molecular complexity index is 215. The van der Waals surface area contributed by atoms with E-state index in [0.29, 0.717) is 0 Å². The molecule has 0 bridgehead atoms. The first kappa shape index (κ1) is 7.67. The first-order chi connectivity index (χ1) is 5.24. The maximum Gasteiger partial charge on any atom is 0.191 e. The molecule has 62 valence electrons. The summed E-state index contributed by atoms with van der Waals surface area (Å²) in [7, 11) is 0. The van der Waals surface area contributed by atoms with E-state index in [0.717, 1.165) is 4.85 Å². The predicted molar refractivity (Wildman–Crippen MR) is 36.8 cm³/mol. The van der Waals surface area contributed by atoms with Crippen LogP contribution < -0.4 is 10.6 Å². The van der Waals surface area contributed by atoms with Crippen molar-refractivity contribution in [3.05, 3.63) is 6.20 Å². The van der Waals surface area contributed by atoms with Crippen LogP contribution in [0.3, 0.4) is 0 Å². The molecule has 0 radical (unpaired) electrons. The minimum atomic E-state index is -0.136. The lowest BCUT2D eigenvalue weighted by atomic mass is 10.6. The van der Waals surface area contributed by atoms with Crippen molar-refractivity contribution in [1.29, 1.82) is 0 Å². The minimum absolute atomic E-state index is 0.00272. The van der Waals surface area contributed by atoms with Gasteiger partial charge in [0.25, 0.3) is 0 Å². The molecular weight excluding hydrogens is 150 g/mol. The fraction of sp³-hybridized carbons (Fsp3) is 0.400. The molecule has 0 saturated heterocycles. The summed E-state index contributed by atoms with van der Waals surface area (Å²) in [5, 5.41) is 20.8. The van der Waals surface area contributed by atoms with Gasteiger partial charge in [-0.1, -0.05) is 0 Å². The van der Waals surface area contributed by atoms with Gasteiger partial charge in [-0.25, -0.2) is 0 Å². The van der Waals surface area contributed by atoms with E-state index in [1.807, 2.05) is 0 Å². The maximum atomic E-state index is 8.89. The zero-order valence-electron chi connectivity index (χ0n) is 5.77. The Morgan fingerprint density at radius 1 is 1.73 bits per heavy atom. The zero-order valence-corrected chi connectivity index (χ0v) is 5.77. The van der Waals surface area contributed by atoms with Crippen LogP contribution in [0.4, 0.5) is 5.82 Å². The van der Waals surface area contributed by atoms with Gasteiger partial charge in [0.15, 0.2) is 11.6 Å². The SMILES string of the molecule is Nc1nn(OCCO)cc1O. The smallest absolute Gasteiger partial charge is 0.191 e. The van der Waals surface area contributed by atoms with Gasteiger partial charge in [-0.05, 0) is 0 Å². The number of aliphatic hydroxyl groups is 1. The summed E-state index contributed by atoms with van der Waals surface area (Å²) in [5.74, 6) is -0.133. The molecule has 1 rings (SSSR count). The molecule has 0 aliphatic carbocycles. The fourth-order valence-corrected chi connectivity index (χ4v) is 0.558. The Labute approximate surface area is 62.8 Å². The van der Waals surface area contributed by atoms with Gasteiger partial charge in [0.05, 0.1) is 6.61 Å². The third-order valence-electron chi connectivity index (χ3n) is 1.02. The molecule has 0 aliphatic rings. The van der Waals surface area contributed by atoms with Crippen LogP contribution in [0, 0.1) is 0 Å². The number of hydrogen-bond acceptors (Lipinski definition) is 5. The molecule has 0 unspecified atom stereocenters. The summed E-state index contributed by atoms with van der Waals surface area (Å²) in [6.07, 6.45) is 1.21. The molecule has 0 fully saturated rings. The van der Waals surface area contributed by atoms with Crippen molar-refractivity contribution in [3.8, 4) is 5.75 Å². The predicted octanol–water partition coefficient (Wildman–Crippen LogP) is -1.41. The van der Waals surface area contributed by atoms with E-state index in [4.69, 9.17) is 20.8 Å². The van der Waals surface area contributed by atoms with E-state index in [2.05, 4.69) is 5.10 Å². The molecule has 0 atom stereocenters. The molecule has 1 aromatic rings. The summed E-state index contributed by atoms with van der Waals surface area (Å²) in [5.41, 5.74) is 5.19. The summed E-state index contributed by atoms with van der Waals surface area (Å²) in [6.45, 7) is 0.00108. The summed E-state index contributed by atoms with van der Waals surface area (Å²) >= 11 is 0. The van der Waals surface area contributed by atoms with E-state index in [1.165, 1.54) is 6.20 Å². The van der Waals surface area contributed by atoms with Gasteiger partial charge < -0.3 is 20.8 Å². The number of nitrogens with zero attached hydrogens (tertiary/aromatic N) is 2. The number of nitrogens with two attached hydrogens (primary N) is 1. The number of aliphatic hydroxyl groups excluding tert-OH is 1. The molecule has 11 heavy (non-hydrogen) atoms. The van der Waals surface area contributed by atoms with E-state index >= 15 is 0 Å². The lowest BCUT2D eigenvalue weighted by Crippen LogP contribution is -2.15. The van der Waals surface area contributed by atoms with Crippen LogP contribution in [-0.2, 0) is 0 Å². The molecule has 0 amide bonds. The Morgan fingerprint density at radius 3 is 2.91 bits per heavy atom. The quantitative estimate of drug-likeness (QED) is 0.504. The van der Waals surface area contributed by atoms with Gasteiger partial charge in [0, 0.05) is 0 Å². The van der Waals surface area contributed by atoms with Gasteiger partial charge in [0.2, 0.25) is 0 Å². The van der Waals surface area contributed by atoms with Crippen molar-refractivity contribution in [2.45, 2.75) is 0 Å². The topological polar surface area (TPSA) is 93.5 Å².